The normalized spacial score (nSPS) is 11.3. The lowest BCUT2D eigenvalue weighted by Crippen LogP contribution is -3.00. The fourth-order valence-electron chi connectivity index (χ4n) is 4.79. The molecule has 10 heteroatoms. The van der Waals surface area contributed by atoms with Gasteiger partial charge in [-0.1, -0.05) is 96.5 Å². The molecular weight excluding hydrogens is 622 g/mol. The molecule has 0 spiro atoms. The smallest absolute Gasteiger partial charge is 0.171 e. The Morgan fingerprint density at radius 2 is 0.596 bits per heavy atom. The van der Waals surface area contributed by atoms with E-state index in [1.165, 1.54) is 83.5 Å². The van der Waals surface area contributed by atoms with E-state index in [9.17, 15) is 0 Å². The third kappa shape index (κ3) is 37.8. The van der Waals surface area contributed by atoms with Crippen LogP contribution in [0.15, 0.2) is 30.6 Å². The van der Waals surface area contributed by atoms with Crippen LogP contribution in [0.5, 0.6) is 0 Å². The Kier molecular flexibility index (Phi) is 40.5. The summed E-state index contributed by atoms with van der Waals surface area (Å²) in [5.74, 6) is 0. The van der Waals surface area contributed by atoms with Crippen molar-refractivity contribution < 1.29 is 54.9 Å². The van der Waals surface area contributed by atoms with E-state index < -0.39 is 0 Å². The van der Waals surface area contributed by atoms with Crippen molar-refractivity contribution in [1.29, 1.82) is 0 Å². The van der Waals surface area contributed by atoms with E-state index in [1.807, 2.05) is 30.6 Å². The molecule has 0 bridgehead atoms. The van der Waals surface area contributed by atoms with E-state index in [0.29, 0.717) is 99.1 Å². The number of unbranched alkanes of at least 4 members (excludes halogenated alkanes) is 13. The number of ether oxygens (including phenoxy) is 8. The molecule has 47 heavy (non-hydrogen) atoms. The summed E-state index contributed by atoms with van der Waals surface area (Å²) in [6.07, 6.45) is 23.4. The van der Waals surface area contributed by atoms with E-state index in [2.05, 4.69) is 11.5 Å². The molecule has 1 rings (SSSR count). The highest BCUT2D eigenvalue weighted by atomic mass is 35.5. The first-order chi connectivity index (χ1) is 22.9. The summed E-state index contributed by atoms with van der Waals surface area (Å²) >= 11 is 0. The average molecular weight is 692 g/mol. The lowest BCUT2D eigenvalue weighted by molar-refractivity contribution is -0.698. The fourth-order valence-corrected chi connectivity index (χ4v) is 4.79. The van der Waals surface area contributed by atoms with Crippen molar-refractivity contribution >= 4 is 0 Å². The van der Waals surface area contributed by atoms with Gasteiger partial charge in [0.25, 0.3) is 0 Å². The fraction of sp³-hybridized carbons (Fsp3) is 0.865. The second-order valence-corrected chi connectivity index (χ2v) is 11.6. The van der Waals surface area contributed by atoms with E-state index in [-0.39, 0.29) is 12.4 Å². The van der Waals surface area contributed by atoms with Crippen molar-refractivity contribution in [2.24, 2.45) is 0 Å². The zero-order valence-corrected chi connectivity index (χ0v) is 30.7. The quantitative estimate of drug-likeness (QED) is 0.0767. The van der Waals surface area contributed by atoms with Crippen molar-refractivity contribution in [2.45, 2.75) is 103 Å². The molecule has 0 radical (unpaired) electrons. The van der Waals surface area contributed by atoms with E-state index in [0.717, 1.165) is 19.6 Å². The lowest BCUT2D eigenvalue weighted by Gasteiger charge is -2.08. The monoisotopic (exact) mass is 691 g/mol. The van der Waals surface area contributed by atoms with Crippen LogP contribution in [0.3, 0.4) is 0 Å². The summed E-state index contributed by atoms with van der Waals surface area (Å²) in [4.78, 5) is 0. The predicted molar refractivity (Wildman–Crippen MR) is 184 cm³/mol. The first kappa shape index (κ1) is 46.1. The van der Waals surface area contributed by atoms with Gasteiger partial charge in [0.1, 0.15) is 6.61 Å². The number of hydrogen-bond donors (Lipinski definition) is 0. The van der Waals surface area contributed by atoms with Gasteiger partial charge in [-0.3, -0.25) is 0 Å². The molecule has 0 aliphatic carbocycles. The van der Waals surface area contributed by atoms with Gasteiger partial charge in [-0.25, -0.2) is 4.57 Å². The third-order valence-corrected chi connectivity index (χ3v) is 7.52. The summed E-state index contributed by atoms with van der Waals surface area (Å²) in [5, 5.41) is 0. The molecule has 9 nitrogen and oxygen atoms in total. The molecule has 1 heterocycles. The number of halogens is 1. The van der Waals surface area contributed by atoms with Gasteiger partial charge in [0.2, 0.25) is 0 Å². The Bertz CT molecular complexity index is 692. The van der Waals surface area contributed by atoms with E-state index >= 15 is 0 Å². The molecule has 1 aromatic rings. The Morgan fingerprint density at radius 1 is 0.319 bits per heavy atom. The van der Waals surface area contributed by atoms with Gasteiger partial charge in [0.15, 0.2) is 18.9 Å². The minimum atomic E-state index is 0. The largest absolute Gasteiger partial charge is 1.00 e. The predicted octanol–water partition coefficient (Wildman–Crippen LogP) is 3.59. The third-order valence-electron chi connectivity index (χ3n) is 7.52. The highest BCUT2D eigenvalue weighted by molar-refractivity contribution is 4.83. The van der Waals surface area contributed by atoms with Gasteiger partial charge in [-0.05, 0) is 6.42 Å². The molecule has 0 fully saturated rings. The second-order valence-electron chi connectivity index (χ2n) is 11.6. The number of pyridine rings is 1. The maximum atomic E-state index is 5.68. The molecule has 0 atom stereocenters. The first-order valence-electron chi connectivity index (χ1n) is 18.5. The molecule has 0 aliphatic rings. The molecule has 0 amide bonds. The molecule has 0 N–H and O–H groups in total. The van der Waals surface area contributed by atoms with Crippen LogP contribution >= 0.6 is 0 Å². The van der Waals surface area contributed by atoms with Crippen molar-refractivity contribution in [1.82, 2.24) is 0 Å². The highest BCUT2D eigenvalue weighted by Crippen LogP contribution is 2.13. The molecule has 0 aromatic carbocycles. The summed E-state index contributed by atoms with van der Waals surface area (Å²) in [6.45, 7) is 12.6. The molecule has 0 saturated carbocycles. The van der Waals surface area contributed by atoms with E-state index in [4.69, 9.17) is 37.9 Å². The van der Waals surface area contributed by atoms with Gasteiger partial charge < -0.3 is 50.3 Å². The Balaban J connectivity index is 0.0000212. The summed E-state index contributed by atoms with van der Waals surface area (Å²) in [6, 6.07) is 6.02. The topological polar surface area (TPSA) is 77.7 Å². The molecule has 1 aromatic heterocycles. The zero-order chi connectivity index (χ0) is 32.7. The summed E-state index contributed by atoms with van der Waals surface area (Å²) in [5.41, 5.74) is 0. The molecule has 278 valence electrons. The number of rotatable bonds is 39. The van der Waals surface area contributed by atoms with Gasteiger partial charge in [0.05, 0.1) is 92.5 Å². The molecule has 0 aliphatic heterocycles. The SMILES string of the molecule is CCCCCCCCCCCCCCCCOCCOCCOCCOCCOCCOCCOCCOCC[n+]1ccccc1.[Cl-]. The second kappa shape index (κ2) is 41.3. The molecular formula is C37H70ClNO8. The Hall–Kier alpha value is -0.880. The van der Waals surface area contributed by atoms with Crippen LogP contribution < -0.4 is 17.0 Å². The minimum absolute atomic E-state index is 0. The summed E-state index contributed by atoms with van der Waals surface area (Å²) < 4.78 is 46.5. The molecule has 0 unspecified atom stereocenters. The van der Waals surface area contributed by atoms with Crippen LogP contribution in [0.1, 0.15) is 96.8 Å². The standard InChI is InChI=1S/C37H70NO8.ClH/c1-2-3-4-5-6-7-8-9-10-11-12-13-14-18-22-39-24-26-41-28-30-43-32-34-45-36-37-46-35-33-44-31-29-42-27-25-40-23-21-38-19-16-15-17-20-38;/h15-17,19-20H,2-14,18,21-37H2,1H3;1H/q+1;/p-1. The van der Waals surface area contributed by atoms with Gasteiger partial charge in [0, 0.05) is 18.7 Å². The van der Waals surface area contributed by atoms with Crippen LogP contribution in [0.25, 0.3) is 0 Å². The van der Waals surface area contributed by atoms with Crippen molar-refractivity contribution in [2.75, 3.05) is 106 Å². The number of aromatic nitrogens is 1. The Labute approximate surface area is 294 Å². The minimum Gasteiger partial charge on any atom is -1.00 e. The van der Waals surface area contributed by atoms with Crippen LogP contribution in [0.4, 0.5) is 0 Å². The van der Waals surface area contributed by atoms with Crippen LogP contribution in [-0.4, -0.2) is 106 Å². The van der Waals surface area contributed by atoms with Gasteiger partial charge in [-0.2, -0.15) is 0 Å². The lowest BCUT2D eigenvalue weighted by atomic mass is 10.0. The van der Waals surface area contributed by atoms with Crippen molar-refractivity contribution in [3.05, 3.63) is 30.6 Å². The van der Waals surface area contributed by atoms with Crippen LogP contribution in [0, 0.1) is 0 Å². The first-order valence-corrected chi connectivity index (χ1v) is 18.5. The maximum Gasteiger partial charge on any atom is 0.171 e. The van der Waals surface area contributed by atoms with Crippen molar-refractivity contribution in [3.8, 4) is 0 Å². The highest BCUT2D eigenvalue weighted by Gasteiger charge is 1.99. The maximum absolute atomic E-state index is 5.68. The number of hydrogen-bond acceptors (Lipinski definition) is 8. The Morgan fingerprint density at radius 3 is 0.936 bits per heavy atom. The van der Waals surface area contributed by atoms with Gasteiger partial charge in [-0.15, -0.1) is 0 Å². The molecule has 0 saturated heterocycles. The van der Waals surface area contributed by atoms with Crippen molar-refractivity contribution in [3.63, 3.8) is 0 Å². The van der Waals surface area contributed by atoms with Crippen LogP contribution in [0.2, 0.25) is 0 Å². The van der Waals surface area contributed by atoms with Gasteiger partial charge >= 0.3 is 0 Å². The number of nitrogens with zero attached hydrogens (tertiary/aromatic N) is 1. The summed E-state index contributed by atoms with van der Waals surface area (Å²) in [7, 11) is 0. The van der Waals surface area contributed by atoms with Crippen LogP contribution in [-0.2, 0) is 44.4 Å². The van der Waals surface area contributed by atoms with E-state index in [1.54, 1.807) is 0 Å². The average Bonchev–Trinajstić information content (AvgIpc) is 3.08. The zero-order valence-electron chi connectivity index (χ0n) is 29.9.